The molecule has 2 rings (SSSR count). The molecule has 0 atom stereocenters. The first-order valence-corrected chi connectivity index (χ1v) is 4.95. The van der Waals surface area contributed by atoms with Crippen LogP contribution in [0.2, 0.25) is 0 Å². The van der Waals surface area contributed by atoms with E-state index in [1.807, 2.05) is 13.0 Å². The van der Waals surface area contributed by atoms with Gasteiger partial charge in [0.2, 0.25) is 0 Å². The van der Waals surface area contributed by atoms with Crippen LogP contribution >= 0.6 is 0 Å². The van der Waals surface area contributed by atoms with E-state index in [1.54, 1.807) is 0 Å². The van der Waals surface area contributed by atoms with Crippen LogP contribution in [0, 0.1) is 12.8 Å². The lowest BCUT2D eigenvalue weighted by Gasteiger charge is -2.05. The van der Waals surface area contributed by atoms with Gasteiger partial charge in [0.05, 0.1) is 12.3 Å². The van der Waals surface area contributed by atoms with Gasteiger partial charge in [0.15, 0.2) is 0 Å². The maximum Gasteiger partial charge on any atom is 0.316 e. The van der Waals surface area contributed by atoms with Crippen LogP contribution in [0.3, 0.4) is 0 Å². The summed E-state index contributed by atoms with van der Waals surface area (Å²) in [5.74, 6) is 0.723. The number of nitrogens with zero attached hydrogens (tertiary/aromatic N) is 2. The molecule has 4 nitrogen and oxygen atoms in total. The molecular weight excluding hydrogens is 178 g/mol. The topological polar surface area (TPSA) is 61.0 Å². The number of ether oxygens (including phenoxy) is 1. The molecule has 0 amide bonds. The molecule has 2 N–H and O–H groups in total. The van der Waals surface area contributed by atoms with Crippen molar-refractivity contribution in [1.82, 2.24) is 9.97 Å². The predicted molar refractivity (Wildman–Crippen MR) is 52.9 cm³/mol. The highest BCUT2D eigenvalue weighted by Gasteiger charge is 2.22. The van der Waals surface area contributed by atoms with Gasteiger partial charge in [0.1, 0.15) is 0 Å². The lowest BCUT2D eigenvalue weighted by molar-refractivity contribution is 0.275. The Morgan fingerprint density at radius 2 is 2.29 bits per heavy atom. The number of hydrogen-bond donors (Lipinski definition) is 1. The van der Waals surface area contributed by atoms with Crippen molar-refractivity contribution in [3.8, 4) is 6.01 Å². The second-order valence-corrected chi connectivity index (χ2v) is 3.74. The van der Waals surface area contributed by atoms with E-state index in [-0.39, 0.29) is 0 Å². The summed E-state index contributed by atoms with van der Waals surface area (Å²) in [6, 6.07) is 2.35. The van der Waals surface area contributed by atoms with E-state index < -0.39 is 0 Å². The van der Waals surface area contributed by atoms with Crippen LogP contribution in [0.15, 0.2) is 6.07 Å². The van der Waals surface area contributed by atoms with Gasteiger partial charge in [-0.2, -0.15) is 4.98 Å². The molecule has 4 heteroatoms. The summed E-state index contributed by atoms with van der Waals surface area (Å²) in [6.45, 7) is 3.10. The molecular formula is C10H15N3O. The zero-order valence-electron chi connectivity index (χ0n) is 8.36. The summed E-state index contributed by atoms with van der Waals surface area (Å²) in [4.78, 5) is 8.39. The molecule has 1 aromatic heterocycles. The maximum atomic E-state index is 5.51. The third kappa shape index (κ3) is 2.42. The van der Waals surface area contributed by atoms with E-state index in [2.05, 4.69) is 9.97 Å². The third-order valence-corrected chi connectivity index (χ3v) is 2.24. The summed E-state index contributed by atoms with van der Waals surface area (Å²) < 4.78 is 5.48. The number of aromatic nitrogens is 2. The van der Waals surface area contributed by atoms with Crippen LogP contribution in [0.4, 0.5) is 0 Å². The Morgan fingerprint density at radius 3 is 2.93 bits per heavy atom. The van der Waals surface area contributed by atoms with E-state index in [4.69, 9.17) is 10.5 Å². The van der Waals surface area contributed by atoms with Gasteiger partial charge in [-0.1, -0.05) is 0 Å². The molecule has 0 aliphatic heterocycles. The van der Waals surface area contributed by atoms with Crippen LogP contribution in [0.5, 0.6) is 6.01 Å². The molecule has 1 aliphatic carbocycles. The summed E-state index contributed by atoms with van der Waals surface area (Å²) in [5, 5.41) is 0. The molecule has 0 aromatic carbocycles. The third-order valence-electron chi connectivity index (χ3n) is 2.24. The highest BCUT2D eigenvalue weighted by Crippen LogP contribution is 2.28. The smallest absolute Gasteiger partial charge is 0.316 e. The van der Waals surface area contributed by atoms with E-state index >= 15 is 0 Å². The molecule has 76 valence electrons. The molecule has 1 aliphatic rings. The van der Waals surface area contributed by atoms with Crippen LogP contribution in [-0.2, 0) is 6.54 Å². The molecule has 0 saturated heterocycles. The van der Waals surface area contributed by atoms with Gasteiger partial charge in [0, 0.05) is 12.2 Å². The highest BCUT2D eigenvalue weighted by molar-refractivity contribution is 5.12. The average Bonchev–Trinajstić information content (AvgIpc) is 2.97. The molecule has 1 fully saturated rings. The molecule has 1 heterocycles. The minimum atomic E-state index is 0.434. The van der Waals surface area contributed by atoms with Crippen molar-refractivity contribution in [2.75, 3.05) is 6.61 Å². The van der Waals surface area contributed by atoms with Gasteiger partial charge in [-0.05, 0) is 31.7 Å². The number of rotatable bonds is 4. The van der Waals surface area contributed by atoms with Crippen LogP contribution in [0.1, 0.15) is 24.2 Å². The minimum absolute atomic E-state index is 0.434. The molecule has 0 unspecified atom stereocenters. The molecule has 0 bridgehead atoms. The second kappa shape index (κ2) is 3.92. The van der Waals surface area contributed by atoms with Gasteiger partial charge in [0.25, 0.3) is 0 Å². The fourth-order valence-electron chi connectivity index (χ4n) is 1.25. The second-order valence-electron chi connectivity index (χ2n) is 3.74. The Balaban J connectivity index is 2.03. The number of nitrogens with two attached hydrogens (primary N) is 1. The Bertz CT molecular complexity index is 323. The summed E-state index contributed by atoms with van der Waals surface area (Å²) in [5.41, 5.74) is 7.26. The Kier molecular flexibility index (Phi) is 2.63. The lowest BCUT2D eigenvalue weighted by atomic mass is 10.3. The molecule has 0 spiro atoms. The number of aryl methyl sites for hydroxylation is 1. The lowest BCUT2D eigenvalue weighted by Crippen LogP contribution is -2.07. The first kappa shape index (κ1) is 9.40. The van der Waals surface area contributed by atoms with Gasteiger partial charge < -0.3 is 10.5 Å². The zero-order chi connectivity index (χ0) is 9.97. The van der Waals surface area contributed by atoms with Crippen molar-refractivity contribution in [3.05, 3.63) is 17.5 Å². The van der Waals surface area contributed by atoms with Crippen molar-refractivity contribution in [2.45, 2.75) is 26.3 Å². The van der Waals surface area contributed by atoms with Crippen LogP contribution in [-0.4, -0.2) is 16.6 Å². The Labute approximate surface area is 83.5 Å². The predicted octanol–water partition coefficient (Wildman–Crippen LogP) is 1.03. The normalized spacial score (nSPS) is 15.6. The van der Waals surface area contributed by atoms with Gasteiger partial charge in [-0.3, -0.25) is 0 Å². The fraction of sp³-hybridized carbons (Fsp3) is 0.600. The van der Waals surface area contributed by atoms with Crippen molar-refractivity contribution in [2.24, 2.45) is 11.7 Å². The Morgan fingerprint density at radius 1 is 1.50 bits per heavy atom. The van der Waals surface area contributed by atoms with Gasteiger partial charge in [-0.15, -0.1) is 0 Å². The fourth-order valence-corrected chi connectivity index (χ4v) is 1.25. The van der Waals surface area contributed by atoms with E-state index in [0.717, 1.165) is 23.9 Å². The van der Waals surface area contributed by atoms with Crippen LogP contribution in [0.25, 0.3) is 0 Å². The first-order valence-electron chi connectivity index (χ1n) is 4.95. The molecule has 1 aromatic rings. The first-order chi connectivity index (χ1) is 6.78. The average molecular weight is 193 g/mol. The maximum absolute atomic E-state index is 5.51. The molecule has 0 radical (unpaired) electrons. The standard InChI is InChI=1S/C10H15N3O/c1-7-4-9(5-11)13-10(12-7)14-6-8-2-3-8/h4,8H,2-3,5-6,11H2,1H3. The van der Waals surface area contributed by atoms with E-state index in [9.17, 15) is 0 Å². The summed E-state index contributed by atoms with van der Waals surface area (Å²) >= 11 is 0. The van der Waals surface area contributed by atoms with Gasteiger partial charge in [-0.25, -0.2) is 4.98 Å². The van der Waals surface area contributed by atoms with Crippen LogP contribution < -0.4 is 10.5 Å². The quantitative estimate of drug-likeness (QED) is 0.776. The summed E-state index contributed by atoms with van der Waals surface area (Å²) in [6.07, 6.45) is 2.55. The Hall–Kier alpha value is -1.16. The highest BCUT2D eigenvalue weighted by atomic mass is 16.5. The minimum Gasteiger partial charge on any atom is -0.463 e. The zero-order valence-corrected chi connectivity index (χ0v) is 8.36. The van der Waals surface area contributed by atoms with E-state index in [0.29, 0.717) is 12.6 Å². The SMILES string of the molecule is Cc1cc(CN)nc(OCC2CC2)n1. The van der Waals surface area contributed by atoms with Gasteiger partial charge >= 0.3 is 6.01 Å². The number of hydrogen-bond acceptors (Lipinski definition) is 4. The van der Waals surface area contributed by atoms with E-state index in [1.165, 1.54) is 12.8 Å². The van der Waals surface area contributed by atoms with Crippen molar-refractivity contribution in [3.63, 3.8) is 0 Å². The largest absolute Gasteiger partial charge is 0.463 e. The van der Waals surface area contributed by atoms with Crippen molar-refractivity contribution < 1.29 is 4.74 Å². The van der Waals surface area contributed by atoms with Crippen molar-refractivity contribution in [1.29, 1.82) is 0 Å². The monoisotopic (exact) mass is 193 g/mol. The summed E-state index contributed by atoms with van der Waals surface area (Å²) in [7, 11) is 0. The van der Waals surface area contributed by atoms with Crippen molar-refractivity contribution >= 4 is 0 Å². The molecule has 14 heavy (non-hydrogen) atoms. The molecule has 1 saturated carbocycles.